The van der Waals surface area contributed by atoms with Gasteiger partial charge in [0.1, 0.15) is 5.56 Å². The van der Waals surface area contributed by atoms with Gasteiger partial charge >= 0.3 is 11.9 Å². The number of aryl methyl sites for hydroxylation is 1. The quantitative estimate of drug-likeness (QED) is 0.762. The summed E-state index contributed by atoms with van der Waals surface area (Å²) in [4.78, 5) is 27.0. The van der Waals surface area contributed by atoms with Crippen LogP contribution in [-0.2, 0) is 22.4 Å². The lowest BCUT2D eigenvalue weighted by molar-refractivity contribution is -0.132. The number of nitrogens with zero attached hydrogens (tertiary/aromatic N) is 1. The molecule has 5 heteroatoms. The maximum Gasteiger partial charge on any atom is 0.343 e. The first kappa shape index (κ1) is 12.5. The van der Waals surface area contributed by atoms with Crippen LogP contribution in [0.3, 0.4) is 0 Å². The molecule has 0 spiro atoms. The van der Waals surface area contributed by atoms with E-state index in [9.17, 15) is 9.59 Å². The molecule has 1 aliphatic rings. The zero-order chi connectivity index (χ0) is 13.1. The standard InChI is InChI=1S/C13H15NO4/c1-3-4-10-7-9-5-6-17-13(16)11(9)12(14-10)18-8(2)15/h7H,3-6H2,1-2H3. The number of pyridine rings is 1. The molecule has 0 unspecified atom stereocenters. The molecule has 5 nitrogen and oxygen atoms in total. The predicted octanol–water partition coefficient (Wildman–Crippen LogP) is 1.67. The van der Waals surface area contributed by atoms with Gasteiger partial charge < -0.3 is 9.47 Å². The first-order chi connectivity index (χ1) is 8.61. The fourth-order valence-corrected chi connectivity index (χ4v) is 1.96. The highest BCUT2D eigenvalue weighted by atomic mass is 16.6. The van der Waals surface area contributed by atoms with Crippen molar-refractivity contribution >= 4 is 11.9 Å². The fraction of sp³-hybridized carbons (Fsp3) is 0.462. The van der Waals surface area contributed by atoms with Crippen LogP contribution in [0.2, 0.25) is 0 Å². The third-order valence-electron chi connectivity index (χ3n) is 2.68. The molecular weight excluding hydrogens is 234 g/mol. The van der Waals surface area contributed by atoms with Crippen molar-refractivity contribution in [3.05, 3.63) is 22.9 Å². The average molecular weight is 249 g/mol. The second kappa shape index (κ2) is 5.16. The van der Waals surface area contributed by atoms with Crippen molar-refractivity contribution in [2.45, 2.75) is 33.1 Å². The number of cyclic esters (lactones) is 1. The molecule has 2 heterocycles. The van der Waals surface area contributed by atoms with Gasteiger partial charge in [-0.2, -0.15) is 0 Å². The molecular formula is C13H15NO4. The number of carbonyl (C=O) groups excluding carboxylic acids is 2. The summed E-state index contributed by atoms with van der Waals surface area (Å²) in [7, 11) is 0. The fourth-order valence-electron chi connectivity index (χ4n) is 1.96. The number of ether oxygens (including phenoxy) is 2. The Morgan fingerprint density at radius 1 is 1.56 bits per heavy atom. The van der Waals surface area contributed by atoms with E-state index in [4.69, 9.17) is 9.47 Å². The first-order valence-corrected chi connectivity index (χ1v) is 6.00. The summed E-state index contributed by atoms with van der Waals surface area (Å²) in [5.41, 5.74) is 1.97. The minimum atomic E-state index is -0.489. The normalized spacial score (nSPS) is 13.8. The number of rotatable bonds is 3. The number of aromatic nitrogens is 1. The highest BCUT2D eigenvalue weighted by Crippen LogP contribution is 2.26. The molecule has 0 radical (unpaired) electrons. The summed E-state index contributed by atoms with van der Waals surface area (Å²) in [5, 5.41) is 0. The van der Waals surface area contributed by atoms with Crippen molar-refractivity contribution in [1.29, 1.82) is 0 Å². The van der Waals surface area contributed by atoms with Gasteiger partial charge in [-0.25, -0.2) is 9.78 Å². The Kier molecular flexibility index (Phi) is 3.60. The molecule has 0 saturated heterocycles. The lowest BCUT2D eigenvalue weighted by Crippen LogP contribution is -2.21. The number of esters is 2. The summed E-state index contributed by atoms with van der Waals surface area (Å²) in [6.07, 6.45) is 2.36. The summed E-state index contributed by atoms with van der Waals surface area (Å²) in [6, 6.07) is 1.90. The second-order valence-corrected chi connectivity index (χ2v) is 4.18. The molecule has 0 fully saturated rings. The topological polar surface area (TPSA) is 65.5 Å². The third kappa shape index (κ3) is 2.50. The molecule has 96 valence electrons. The Morgan fingerprint density at radius 2 is 2.33 bits per heavy atom. The van der Waals surface area contributed by atoms with Gasteiger partial charge in [-0.1, -0.05) is 13.3 Å². The van der Waals surface area contributed by atoms with Gasteiger partial charge in [-0.05, 0) is 18.1 Å². The molecule has 0 aliphatic carbocycles. The highest BCUT2D eigenvalue weighted by molar-refractivity contribution is 5.95. The van der Waals surface area contributed by atoms with Crippen LogP contribution >= 0.6 is 0 Å². The van der Waals surface area contributed by atoms with Crippen LogP contribution < -0.4 is 4.74 Å². The van der Waals surface area contributed by atoms with E-state index in [0.717, 1.165) is 24.1 Å². The van der Waals surface area contributed by atoms with E-state index in [0.29, 0.717) is 13.0 Å². The van der Waals surface area contributed by atoms with Crippen LogP contribution in [0.5, 0.6) is 5.88 Å². The van der Waals surface area contributed by atoms with Gasteiger partial charge in [0, 0.05) is 19.0 Å². The number of carbonyl (C=O) groups is 2. The van der Waals surface area contributed by atoms with Crippen LogP contribution in [0.1, 0.15) is 41.9 Å². The minimum absolute atomic E-state index is 0.0770. The summed E-state index contributed by atoms with van der Waals surface area (Å²) in [5.74, 6) is -0.882. The summed E-state index contributed by atoms with van der Waals surface area (Å²) >= 11 is 0. The molecule has 0 aromatic carbocycles. The Bertz CT molecular complexity index is 496. The van der Waals surface area contributed by atoms with Crippen molar-refractivity contribution < 1.29 is 19.1 Å². The van der Waals surface area contributed by atoms with E-state index in [1.165, 1.54) is 6.92 Å². The van der Waals surface area contributed by atoms with E-state index in [1.807, 2.05) is 13.0 Å². The largest absolute Gasteiger partial charge is 0.462 e. The Labute approximate surface area is 105 Å². The Balaban J connectivity index is 2.49. The van der Waals surface area contributed by atoms with Gasteiger partial charge in [0.25, 0.3) is 0 Å². The maximum atomic E-state index is 11.7. The van der Waals surface area contributed by atoms with E-state index < -0.39 is 11.9 Å². The summed E-state index contributed by atoms with van der Waals surface area (Å²) < 4.78 is 9.98. The molecule has 1 aliphatic heterocycles. The molecule has 0 N–H and O–H groups in total. The van der Waals surface area contributed by atoms with Crippen LogP contribution in [0, 0.1) is 0 Å². The van der Waals surface area contributed by atoms with E-state index >= 15 is 0 Å². The van der Waals surface area contributed by atoms with Gasteiger partial charge in [-0.15, -0.1) is 0 Å². The van der Waals surface area contributed by atoms with Gasteiger partial charge in [-0.3, -0.25) is 4.79 Å². The molecule has 0 saturated carbocycles. The van der Waals surface area contributed by atoms with E-state index in [1.54, 1.807) is 0 Å². The van der Waals surface area contributed by atoms with Crippen LogP contribution in [-0.4, -0.2) is 23.5 Å². The van der Waals surface area contributed by atoms with Crippen LogP contribution in [0.4, 0.5) is 0 Å². The number of fused-ring (bicyclic) bond motifs is 1. The smallest absolute Gasteiger partial charge is 0.343 e. The highest BCUT2D eigenvalue weighted by Gasteiger charge is 2.26. The van der Waals surface area contributed by atoms with Crippen molar-refractivity contribution in [3.63, 3.8) is 0 Å². The van der Waals surface area contributed by atoms with Crippen molar-refractivity contribution in [2.24, 2.45) is 0 Å². The minimum Gasteiger partial charge on any atom is -0.462 e. The van der Waals surface area contributed by atoms with Gasteiger partial charge in [0.05, 0.1) is 6.61 Å². The van der Waals surface area contributed by atoms with Crippen molar-refractivity contribution in [1.82, 2.24) is 4.98 Å². The van der Waals surface area contributed by atoms with E-state index in [2.05, 4.69) is 4.98 Å². The lowest BCUT2D eigenvalue weighted by atomic mass is 10.0. The van der Waals surface area contributed by atoms with Gasteiger partial charge in [0.2, 0.25) is 5.88 Å². The molecule has 0 atom stereocenters. The monoisotopic (exact) mass is 249 g/mol. The molecule has 1 aromatic heterocycles. The lowest BCUT2D eigenvalue weighted by Gasteiger charge is -2.18. The number of hydrogen-bond donors (Lipinski definition) is 0. The zero-order valence-electron chi connectivity index (χ0n) is 10.5. The molecule has 2 rings (SSSR count). The van der Waals surface area contributed by atoms with Crippen LogP contribution in [0.25, 0.3) is 0 Å². The molecule has 18 heavy (non-hydrogen) atoms. The zero-order valence-corrected chi connectivity index (χ0v) is 10.5. The average Bonchev–Trinajstić information content (AvgIpc) is 2.28. The first-order valence-electron chi connectivity index (χ1n) is 6.00. The van der Waals surface area contributed by atoms with Crippen LogP contribution in [0.15, 0.2) is 6.07 Å². The molecule has 0 amide bonds. The predicted molar refractivity (Wildman–Crippen MR) is 63.5 cm³/mol. The maximum absolute atomic E-state index is 11.7. The SMILES string of the molecule is CCCc1cc2c(c(OC(C)=O)n1)C(=O)OCC2. The Hall–Kier alpha value is -1.91. The molecule has 1 aromatic rings. The van der Waals surface area contributed by atoms with E-state index in [-0.39, 0.29) is 11.4 Å². The second-order valence-electron chi connectivity index (χ2n) is 4.18. The molecule has 0 bridgehead atoms. The van der Waals surface area contributed by atoms with Gasteiger partial charge in [0.15, 0.2) is 0 Å². The summed E-state index contributed by atoms with van der Waals surface area (Å²) in [6.45, 7) is 3.69. The van der Waals surface area contributed by atoms with Crippen molar-refractivity contribution in [2.75, 3.05) is 6.61 Å². The number of hydrogen-bond acceptors (Lipinski definition) is 5. The third-order valence-corrected chi connectivity index (χ3v) is 2.68. The Morgan fingerprint density at radius 3 is 3.00 bits per heavy atom. The van der Waals surface area contributed by atoms with Crippen molar-refractivity contribution in [3.8, 4) is 5.88 Å².